The summed E-state index contributed by atoms with van der Waals surface area (Å²) in [6, 6.07) is 0. The van der Waals surface area contributed by atoms with E-state index in [0.29, 0.717) is 19.3 Å². The highest BCUT2D eigenvalue weighted by molar-refractivity contribution is 5.86. The third kappa shape index (κ3) is 6.93. The van der Waals surface area contributed by atoms with Crippen LogP contribution in [0.4, 0.5) is 0 Å². The molecule has 0 aromatic rings. The van der Waals surface area contributed by atoms with E-state index in [4.69, 9.17) is 4.74 Å². The van der Waals surface area contributed by atoms with Gasteiger partial charge in [-0.3, -0.25) is 14.4 Å². The smallest absolute Gasteiger partial charge is 0.305 e. The Hall–Kier alpha value is -1.89. The minimum Gasteiger partial charge on any atom is -0.463 e. The number of hydrogen-bond donors (Lipinski definition) is 3. The lowest BCUT2D eigenvalue weighted by Crippen LogP contribution is -2.52. The first-order valence-corrected chi connectivity index (χ1v) is 10.3. The molecule has 2 aliphatic rings. The van der Waals surface area contributed by atoms with Gasteiger partial charge in [-0.05, 0) is 46.0 Å². The highest BCUT2D eigenvalue weighted by Gasteiger charge is 2.36. The molecule has 0 bridgehead atoms. The number of allylic oxidation sites excluding steroid dienone is 2. The van der Waals surface area contributed by atoms with Crippen LogP contribution in [0.3, 0.4) is 0 Å². The number of esters is 1. The zero-order valence-electron chi connectivity index (χ0n) is 17.1. The molecule has 2 amide bonds. The fourth-order valence-corrected chi connectivity index (χ4v) is 3.78. The van der Waals surface area contributed by atoms with Gasteiger partial charge in [0.15, 0.2) is 0 Å². The molecule has 1 heterocycles. The van der Waals surface area contributed by atoms with Gasteiger partial charge in [0.05, 0.1) is 23.6 Å². The zero-order chi connectivity index (χ0) is 20.6. The summed E-state index contributed by atoms with van der Waals surface area (Å²) in [5, 5.41) is 15.6. The van der Waals surface area contributed by atoms with Gasteiger partial charge in [-0.15, -0.1) is 0 Å². The molecule has 0 aromatic carbocycles. The van der Waals surface area contributed by atoms with Crippen molar-refractivity contribution in [2.75, 3.05) is 13.2 Å². The third-order valence-corrected chi connectivity index (χ3v) is 5.47. The van der Waals surface area contributed by atoms with Crippen LogP contribution in [0.1, 0.15) is 71.6 Å². The maximum atomic E-state index is 12.8. The number of cyclic esters (lactones) is 1. The van der Waals surface area contributed by atoms with E-state index in [0.717, 1.165) is 32.1 Å². The van der Waals surface area contributed by atoms with Gasteiger partial charge in [-0.1, -0.05) is 25.0 Å². The van der Waals surface area contributed by atoms with E-state index in [2.05, 4.69) is 10.6 Å². The third-order valence-electron chi connectivity index (χ3n) is 5.47. The summed E-state index contributed by atoms with van der Waals surface area (Å²) >= 11 is 0. The van der Waals surface area contributed by atoms with Crippen molar-refractivity contribution < 1.29 is 24.2 Å². The Kier molecular flexibility index (Phi) is 8.04. The van der Waals surface area contributed by atoms with E-state index in [9.17, 15) is 19.5 Å². The minimum absolute atomic E-state index is 0.0633. The Morgan fingerprint density at radius 1 is 1.25 bits per heavy atom. The number of aliphatic hydroxyl groups is 1. The number of ether oxygens (including phenoxy) is 1. The molecule has 3 N–H and O–H groups in total. The van der Waals surface area contributed by atoms with Gasteiger partial charge in [0.1, 0.15) is 6.61 Å². The van der Waals surface area contributed by atoms with Gasteiger partial charge in [-0.25, -0.2) is 0 Å². The van der Waals surface area contributed by atoms with Gasteiger partial charge < -0.3 is 20.5 Å². The molecule has 28 heavy (non-hydrogen) atoms. The molecule has 1 aliphatic heterocycles. The average Bonchev–Trinajstić information content (AvgIpc) is 3.09. The van der Waals surface area contributed by atoms with Crippen LogP contribution in [0.5, 0.6) is 0 Å². The Balaban J connectivity index is 2.04. The number of amides is 2. The number of nitrogens with one attached hydrogen (secondary N) is 2. The van der Waals surface area contributed by atoms with Crippen molar-refractivity contribution in [2.45, 2.75) is 82.7 Å². The van der Waals surface area contributed by atoms with Gasteiger partial charge >= 0.3 is 5.97 Å². The lowest BCUT2D eigenvalue weighted by molar-refractivity contribution is -0.146. The van der Waals surface area contributed by atoms with E-state index < -0.39 is 17.0 Å². The second kappa shape index (κ2) is 10.0. The van der Waals surface area contributed by atoms with Crippen molar-refractivity contribution in [3.8, 4) is 0 Å². The molecule has 1 fully saturated rings. The van der Waals surface area contributed by atoms with Crippen LogP contribution >= 0.6 is 0 Å². The second-order valence-electron chi connectivity index (χ2n) is 8.73. The highest BCUT2D eigenvalue weighted by Crippen LogP contribution is 2.29. The average molecular weight is 395 g/mol. The second-order valence-corrected chi connectivity index (χ2v) is 8.73. The topological polar surface area (TPSA) is 105 Å². The minimum atomic E-state index is -0.711. The van der Waals surface area contributed by atoms with Crippen molar-refractivity contribution in [1.29, 1.82) is 0 Å². The molecular weight excluding hydrogens is 360 g/mol. The molecule has 0 unspecified atom stereocenters. The van der Waals surface area contributed by atoms with Gasteiger partial charge in [0.2, 0.25) is 11.8 Å². The maximum Gasteiger partial charge on any atom is 0.305 e. The standard InChI is InChI=1S/C21H34N2O5/c1-20(2)15-28-18(26)10-6-4-3-5-9-16(19(27)23-20)13-17(25)22-21(14-24)11-7-8-12-21/h3,5,16,24H,4,6-15H2,1-2H3,(H,22,25)(H,23,27)/t16-/m1/s1. The van der Waals surface area contributed by atoms with Gasteiger partial charge in [0.25, 0.3) is 0 Å². The molecule has 1 aliphatic carbocycles. The van der Waals surface area contributed by atoms with E-state index in [1.807, 2.05) is 12.2 Å². The van der Waals surface area contributed by atoms with Crippen LogP contribution in [-0.2, 0) is 19.1 Å². The molecule has 7 nitrogen and oxygen atoms in total. The fourth-order valence-electron chi connectivity index (χ4n) is 3.78. The van der Waals surface area contributed by atoms with E-state index in [1.165, 1.54) is 0 Å². The lowest BCUT2D eigenvalue weighted by Gasteiger charge is -2.30. The zero-order valence-corrected chi connectivity index (χ0v) is 17.1. The van der Waals surface area contributed by atoms with Crippen molar-refractivity contribution in [3.63, 3.8) is 0 Å². The molecule has 7 heteroatoms. The molecule has 0 saturated heterocycles. The molecule has 1 atom stereocenters. The molecule has 158 valence electrons. The van der Waals surface area contributed by atoms with Crippen molar-refractivity contribution in [3.05, 3.63) is 12.2 Å². The predicted molar refractivity (Wildman–Crippen MR) is 105 cm³/mol. The Labute approximate surface area is 167 Å². The first-order valence-electron chi connectivity index (χ1n) is 10.3. The summed E-state index contributed by atoms with van der Waals surface area (Å²) in [7, 11) is 0. The quantitative estimate of drug-likeness (QED) is 0.500. The fraction of sp³-hybridized carbons (Fsp3) is 0.762. The summed E-state index contributed by atoms with van der Waals surface area (Å²) in [4.78, 5) is 37.2. The summed E-state index contributed by atoms with van der Waals surface area (Å²) in [6.07, 6.45) is 9.66. The normalized spacial score (nSPS) is 25.6. The molecule has 2 rings (SSSR count). The van der Waals surface area contributed by atoms with Gasteiger partial charge in [0, 0.05) is 12.8 Å². The first kappa shape index (κ1) is 22.4. The Bertz CT molecular complexity index is 594. The van der Waals surface area contributed by atoms with Crippen molar-refractivity contribution in [2.24, 2.45) is 5.92 Å². The van der Waals surface area contributed by atoms with Crippen LogP contribution in [-0.4, -0.2) is 47.2 Å². The Morgan fingerprint density at radius 3 is 2.64 bits per heavy atom. The first-order chi connectivity index (χ1) is 13.3. The summed E-state index contributed by atoms with van der Waals surface area (Å²) in [5.74, 6) is -1.22. The van der Waals surface area contributed by atoms with Crippen LogP contribution in [0.25, 0.3) is 0 Å². The molecular formula is C21H34N2O5. The van der Waals surface area contributed by atoms with Crippen molar-refractivity contribution in [1.82, 2.24) is 10.6 Å². The SMILES string of the molecule is CC1(C)COC(=O)CCCC=CC[C@H](CC(=O)NC2(CO)CCCC2)C(=O)N1. The van der Waals surface area contributed by atoms with Crippen LogP contribution in [0.2, 0.25) is 0 Å². The van der Waals surface area contributed by atoms with Crippen LogP contribution in [0, 0.1) is 5.92 Å². The predicted octanol–water partition coefficient (Wildman–Crippen LogP) is 1.98. The number of hydrogen-bond acceptors (Lipinski definition) is 5. The number of aliphatic hydroxyl groups excluding tert-OH is 1. The lowest BCUT2D eigenvalue weighted by atomic mass is 9.94. The Morgan fingerprint density at radius 2 is 1.96 bits per heavy atom. The summed E-state index contributed by atoms with van der Waals surface area (Å²) < 4.78 is 5.27. The summed E-state index contributed by atoms with van der Waals surface area (Å²) in [6.45, 7) is 3.61. The van der Waals surface area contributed by atoms with E-state index in [1.54, 1.807) is 13.8 Å². The summed E-state index contributed by atoms with van der Waals surface area (Å²) in [5.41, 5.74) is -1.25. The number of rotatable bonds is 4. The van der Waals surface area contributed by atoms with Crippen LogP contribution < -0.4 is 10.6 Å². The monoisotopic (exact) mass is 394 g/mol. The maximum absolute atomic E-state index is 12.8. The van der Waals surface area contributed by atoms with Gasteiger partial charge in [-0.2, -0.15) is 0 Å². The van der Waals surface area contributed by atoms with Crippen molar-refractivity contribution >= 4 is 17.8 Å². The van der Waals surface area contributed by atoms with E-state index >= 15 is 0 Å². The highest BCUT2D eigenvalue weighted by atomic mass is 16.5. The molecule has 1 saturated carbocycles. The number of carbonyl (C=O) groups excluding carboxylic acids is 3. The molecule has 0 aromatic heterocycles. The number of carbonyl (C=O) groups is 3. The molecule has 0 radical (unpaired) electrons. The van der Waals surface area contributed by atoms with Crippen LogP contribution in [0.15, 0.2) is 12.2 Å². The molecule has 0 spiro atoms. The van der Waals surface area contributed by atoms with E-state index in [-0.39, 0.29) is 37.4 Å². The largest absolute Gasteiger partial charge is 0.463 e.